The normalized spacial score (nSPS) is 30.7. The van der Waals surface area contributed by atoms with Gasteiger partial charge in [-0.3, -0.25) is 4.79 Å². The first-order valence-corrected chi connectivity index (χ1v) is 8.12. The van der Waals surface area contributed by atoms with Crippen LogP contribution in [0.25, 0.3) is 0 Å². The molecule has 0 aromatic carbocycles. The van der Waals surface area contributed by atoms with Crippen LogP contribution in [-0.2, 0) is 4.79 Å². The topological polar surface area (TPSA) is 46.3 Å². The van der Waals surface area contributed by atoms with Crippen molar-refractivity contribution in [2.75, 3.05) is 0 Å². The van der Waals surface area contributed by atoms with Gasteiger partial charge in [-0.2, -0.15) is 0 Å². The Balaban J connectivity index is 1.99. The van der Waals surface area contributed by atoms with Crippen LogP contribution in [0.5, 0.6) is 0 Å². The largest absolute Gasteiger partial charge is 0.336 e. The summed E-state index contributed by atoms with van der Waals surface area (Å²) in [6.45, 7) is 6.22. The van der Waals surface area contributed by atoms with E-state index >= 15 is 0 Å². The molecule has 2 N–H and O–H groups in total. The van der Waals surface area contributed by atoms with E-state index in [9.17, 15) is 4.79 Å². The van der Waals surface area contributed by atoms with Gasteiger partial charge in [-0.15, -0.1) is 0 Å². The second kappa shape index (κ2) is 6.25. The molecule has 0 aromatic heterocycles. The maximum Gasteiger partial charge on any atom is 0.227 e. The number of nitrogens with zero attached hydrogens (tertiary/aromatic N) is 1. The quantitative estimate of drug-likeness (QED) is 0.831. The first kappa shape index (κ1) is 14.8. The van der Waals surface area contributed by atoms with Gasteiger partial charge in [0.15, 0.2) is 0 Å². The van der Waals surface area contributed by atoms with Crippen LogP contribution < -0.4 is 5.73 Å². The van der Waals surface area contributed by atoms with Crippen molar-refractivity contribution in [3.63, 3.8) is 0 Å². The van der Waals surface area contributed by atoms with Crippen LogP contribution in [0, 0.1) is 11.8 Å². The highest BCUT2D eigenvalue weighted by Crippen LogP contribution is 2.37. The van der Waals surface area contributed by atoms with Crippen LogP contribution >= 0.6 is 0 Å². The van der Waals surface area contributed by atoms with Crippen molar-refractivity contribution < 1.29 is 4.79 Å². The lowest BCUT2D eigenvalue weighted by atomic mass is 9.83. The summed E-state index contributed by atoms with van der Waals surface area (Å²) in [7, 11) is 0. The van der Waals surface area contributed by atoms with Gasteiger partial charge < -0.3 is 10.6 Å². The SMILES string of the molecule is CCC1CCC(N(C(=O)C(C)C(C)N)C2CC2)CC1. The van der Waals surface area contributed by atoms with Crippen molar-refractivity contribution in [2.24, 2.45) is 17.6 Å². The Bertz CT molecular complexity index is 304. The lowest BCUT2D eigenvalue weighted by molar-refractivity contribution is -0.139. The van der Waals surface area contributed by atoms with Crippen molar-refractivity contribution in [3.8, 4) is 0 Å². The number of hydrogen-bond donors (Lipinski definition) is 1. The third-order valence-electron chi connectivity index (χ3n) is 5.16. The van der Waals surface area contributed by atoms with E-state index in [2.05, 4.69) is 11.8 Å². The smallest absolute Gasteiger partial charge is 0.227 e. The van der Waals surface area contributed by atoms with E-state index < -0.39 is 0 Å². The summed E-state index contributed by atoms with van der Waals surface area (Å²) in [5, 5.41) is 0. The summed E-state index contributed by atoms with van der Waals surface area (Å²) >= 11 is 0. The van der Waals surface area contributed by atoms with E-state index in [1.807, 2.05) is 13.8 Å². The Hall–Kier alpha value is -0.570. The van der Waals surface area contributed by atoms with E-state index in [-0.39, 0.29) is 12.0 Å². The molecule has 2 rings (SSSR count). The van der Waals surface area contributed by atoms with Gasteiger partial charge in [-0.05, 0) is 51.4 Å². The molecule has 2 atom stereocenters. The third-order valence-corrected chi connectivity index (χ3v) is 5.16. The zero-order chi connectivity index (χ0) is 14.0. The highest BCUT2D eigenvalue weighted by Gasteiger charge is 2.40. The summed E-state index contributed by atoms with van der Waals surface area (Å²) in [4.78, 5) is 14.9. The van der Waals surface area contributed by atoms with Crippen LogP contribution in [0.4, 0.5) is 0 Å². The summed E-state index contributed by atoms with van der Waals surface area (Å²) in [5.41, 5.74) is 5.92. The van der Waals surface area contributed by atoms with E-state index in [0.717, 1.165) is 5.92 Å². The average Bonchev–Trinajstić information content (AvgIpc) is 3.23. The third kappa shape index (κ3) is 3.50. The van der Waals surface area contributed by atoms with E-state index in [0.29, 0.717) is 18.0 Å². The summed E-state index contributed by atoms with van der Waals surface area (Å²) < 4.78 is 0. The molecule has 0 spiro atoms. The average molecular weight is 266 g/mol. The second-order valence-corrected chi connectivity index (χ2v) is 6.71. The van der Waals surface area contributed by atoms with Gasteiger partial charge in [0.05, 0.1) is 5.92 Å². The lowest BCUT2D eigenvalue weighted by Gasteiger charge is -2.39. The standard InChI is InChI=1S/C16H30N2O/c1-4-13-5-7-14(8-6-13)18(15-9-10-15)16(19)11(2)12(3)17/h11-15H,4-10,17H2,1-3H3. The first-order valence-electron chi connectivity index (χ1n) is 8.12. The Morgan fingerprint density at radius 3 is 1.95 bits per heavy atom. The number of rotatable bonds is 5. The van der Waals surface area contributed by atoms with E-state index in [4.69, 9.17) is 5.73 Å². The highest BCUT2D eigenvalue weighted by molar-refractivity contribution is 5.80. The Morgan fingerprint density at radius 1 is 1.11 bits per heavy atom. The predicted octanol–water partition coefficient (Wildman–Crippen LogP) is 2.93. The van der Waals surface area contributed by atoms with Crippen LogP contribution in [0.1, 0.15) is 65.7 Å². The van der Waals surface area contributed by atoms with Gasteiger partial charge >= 0.3 is 0 Å². The Kier molecular flexibility index (Phi) is 4.88. The lowest BCUT2D eigenvalue weighted by Crippen LogP contribution is -2.49. The zero-order valence-corrected chi connectivity index (χ0v) is 12.8. The van der Waals surface area contributed by atoms with Crippen LogP contribution in [0.15, 0.2) is 0 Å². The molecular formula is C16H30N2O. The summed E-state index contributed by atoms with van der Waals surface area (Å²) in [6, 6.07) is 0.974. The molecule has 0 heterocycles. The fourth-order valence-electron chi connectivity index (χ4n) is 3.30. The van der Waals surface area contributed by atoms with Crippen molar-refractivity contribution in [1.82, 2.24) is 4.90 Å². The van der Waals surface area contributed by atoms with Gasteiger partial charge in [0.2, 0.25) is 5.91 Å². The molecule has 0 saturated heterocycles. The van der Waals surface area contributed by atoms with Crippen molar-refractivity contribution >= 4 is 5.91 Å². The summed E-state index contributed by atoms with van der Waals surface area (Å²) in [5.74, 6) is 1.15. The number of hydrogen-bond acceptors (Lipinski definition) is 2. The molecule has 2 fully saturated rings. The number of amides is 1. The molecule has 2 aliphatic carbocycles. The zero-order valence-electron chi connectivity index (χ0n) is 12.8. The van der Waals surface area contributed by atoms with E-state index in [1.165, 1.54) is 44.9 Å². The van der Waals surface area contributed by atoms with Crippen molar-refractivity contribution in [1.29, 1.82) is 0 Å². The van der Waals surface area contributed by atoms with Crippen LogP contribution in [0.3, 0.4) is 0 Å². The molecule has 0 aliphatic heterocycles. The monoisotopic (exact) mass is 266 g/mol. The molecular weight excluding hydrogens is 236 g/mol. The Morgan fingerprint density at radius 2 is 1.58 bits per heavy atom. The maximum absolute atomic E-state index is 12.7. The molecule has 0 radical (unpaired) electrons. The molecule has 0 bridgehead atoms. The second-order valence-electron chi connectivity index (χ2n) is 6.71. The minimum atomic E-state index is -0.0410. The Labute approximate surface area is 117 Å². The maximum atomic E-state index is 12.7. The summed E-state index contributed by atoms with van der Waals surface area (Å²) in [6.07, 6.45) is 8.68. The van der Waals surface area contributed by atoms with Gasteiger partial charge in [-0.25, -0.2) is 0 Å². The van der Waals surface area contributed by atoms with Gasteiger partial charge in [0, 0.05) is 18.1 Å². The molecule has 2 saturated carbocycles. The van der Waals surface area contributed by atoms with E-state index in [1.54, 1.807) is 0 Å². The predicted molar refractivity (Wildman–Crippen MR) is 78.7 cm³/mol. The minimum Gasteiger partial charge on any atom is -0.336 e. The first-order chi connectivity index (χ1) is 9.04. The van der Waals surface area contributed by atoms with Crippen molar-refractivity contribution in [2.45, 2.75) is 83.8 Å². The number of carbonyl (C=O) groups is 1. The highest BCUT2D eigenvalue weighted by atomic mass is 16.2. The molecule has 3 heteroatoms. The fraction of sp³-hybridized carbons (Fsp3) is 0.938. The molecule has 19 heavy (non-hydrogen) atoms. The molecule has 3 nitrogen and oxygen atoms in total. The number of carbonyl (C=O) groups excluding carboxylic acids is 1. The molecule has 2 unspecified atom stereocenters. The number of nitrogens with two attached hydrogens (primary N) is 1. The molecule has 0 aromatic rings. The molecule has 1 amide bonds. The minimum absolute atomic E-state index is 0.0375. The van der Waals surface area contributed by atoms with Gasteiger partial charge in [0.25, 0.3) is 0 Å². The van der Waals surface area contributed by atoms with Crippen LogP contribution in [-0.4, -0.2) is 28.9 Å². The van der Waals surface area contributed by atoms with Gasteiger partial charge in [0.1, 0.15) is 0 Å². The fourth-order valence-corrected chi connectivity index (χ4v) is 3.30. The molecule has 2 aliphatic rings. The molecule has 110 valence electrons. The van der Waals surface area contributed by atoms with Crippen molar-refractivity contribution in [3.05, 3.63) is 0 Å². The van der Waals surface area contributed by atoms with Gasteiger partial charge in [-0.1, -0.05) is 20.3 Å². The van der Waals surface area contributed by atoms with Crippen LogP contribution in [0.2, 0.25) is 0 Å².